The number of benzene rings is 1. The van der Waals surface area contributed by atoms with Gasteiger partial charge in [-0.1, -0.05) is 31.1 Å². The van der Waals surface area contributed by atoms with Gasteiger partial charge in [-0.05, 0) is 12.1 Å². The standard InChI is InChI=1S/C17H20N4O5S/c1-11(2)16-18-19-17(25-16)15-9-21(7-8-24-15)27(22,23)10-13-12-5-3-4-6-14(12)26-20-13/h3-6,11,15H,7-10H2,1-2H3/t15-/m0/s1. The topological polar surface area (TPSA) is 112 Å². The minimum Gasteiger partial charge on any atom is -0.422 e. The number of sulfonamides is 1. The van der Waals surface area contributed by atoms with E-state index in [9.17, 15) is 8.42 Å². The SMILES string of the molecule is CC(C)c1nnc([C@@H]2CN(S(=O)(=O)Cc3noc4ccccc34)CCO2)o1. The molecule has 0 radical (unpaired) electrons. The molecule has 0 amide bonds. The Labute approximate surface area is 156 Å². The molecule has 10 heteroatoms. The van der Waals surface area contributed by atoms with Crippen LogP contribution >= 0.6 is 0 Å². The van der Waals surface area contributed by atoms with Crippen LogP contribution in [0.4, 0.5) is 0 Å². The van der Waals surface area contributed by atoms with E-state index in [0.29, 0.717) is 28.4 Å². The molecule has 0 N–H and O–H groups in total. The van der Waals surface area contributed by atoms with Gasteiger partial charge in [0, 0.05) is 24.4 Å². The van der Waals surface area contributed by atoms with Gasteiger partial charge in [0.2, 0.25) is 21.8 Å². The molecule has 1 saturated heterocycles. The Kier molecular flexibility index (Phi) is 4.70. The van der Waals surface area contributed by atoms with Gasteiger partial charge in [0.15, 0.2) is 5.58 Å². The summed E-state index contributed by atoms with van der Waals surface area (Å²) in [6.07, 6.45) is -0.581. The summed E-state index contributed by atoms with van der Waals surface area (Å²) >= 11 is 0. The highest BCUT2D eigenvalue weighted by Crippen LogP contribution is 2.27. The van der Waals surface area contributed by atoms with Crippen LogP contribution in [0.25, 0.3) is 11.0 Å². The summed E-state index contributed by atoms with van der Waals surface area (Å²) in [4.78, 5) is 0. The second kappa shape index (κ2) is 7.02. The predicted molar refractivity (Wildman–Crippen MR) is 95.3 cm³/mol. The molecule has 1 aliphatic rings. The average Bonchev–Trinajstić information content (AvgIpc) is 3.30. The van der Waals surface area contributed by atoms with Crippen LogP contribution in [0, 0.1) is 0 Å². The highest BCUT2D eigenvalue weighted by molar-refractivity contribution is 7.88. The molecular weight excluding hydrogens is 372 g/mol. The molecule has 9 nitrogen and oxygen atoms in total. The number of para-hydroxylation sites is 1. The maximum atomic E-state index is 12.9. The first-order chi connectivity index (χ1) is 12.9. The monoisotopic (exact) mass is 392 g/mol. The lowest BCUT2D eigenvalue weighted by molar-refractivity contribution is -0.0179. The van der Waals surface area contributed by atoms with Crippen LogP contribution in [-0.4, -0.2) is 47.8 Å². The summed E-state index contributed by atoms with van der Waals surface area (Å²) in [6.45, 7) is 4.52. The van der Waals surface area contributed by atoms with Gasteiger partial charge in [-0.3, -0.25) is 0 Å². The fourth-order valence-corrected chi connectivity index (χ4v) is 4.40. The van der Waals surface area contributed by atoms with Gasteiger partial charge in [0.1, 0.15) is 17.6 Å². The van der Waals surface area contributed by atoms with Gasteiger partial charge >= 0.3 is 0 Å². The van der Waals surface area contributed by atoms with Crippen molar-refractivity contribution in [1.82, 2.24) is 19.7 Å². The normalized spacial score (nSPS) is 19.1. The van der Waals surface area contributed by atoms with Gasteiger partial charge in [-0.2, -0.15) is 4.31 Å². The lowest BCUT2D eigenvalue weighted by Gasteiger charge is -2.30. The maximum Gasteiger partial charge on any atom is 0.246 e. The van der Waals surface area contributed by atoms with E-state index in [1.807, 2.05) is 26.0 Å². The summed E-state index contributed by atoms with van der Waals surface area (Å²) in [7, 11) is -3.61. The summed E-state index contributed by atoms with van der Waals surface area (Å²) in [6, 6.07) is 7.19. The summed E-state index contributed by atoms with van der Waals surface area (Å²) in [5.74, 6) is 0.654. The Hall–Kier alpha value is -2.30. The van der Waals surface area contributed by atoms with Crippen molar-refractivity contribution in [3.05, 3.63) is 41.7 Å². The number of ether oxygens (including phenoxy) is 1. The molecule has 1 fully saturated rings. The van der Waals surface area contributed by atoms with E-state index in [-0.39, 0.29) is 31.4 Å². The molecule has 144 valence electrons. The Morgan fingerprint density at radius 3 is 2.85 bits per heavy atom. The first kappa shape index (κ1) is 18.1. The van der Waals surface area contributed by atoms with Gasteiger partial charge < -0.3 is 13.7 Å². The van der Waals surface area contributed by atoms with Crippen molar-refractivity contribution >= 4 is 21.0 Å². The lowest BCUT2D eigenvalue weighted by atomic mass is 10.2. The highest BCUT2D eigenvalue weighted by Gasteiger charge is 2.34. The van der Waals surface area contributed by atoms with Crippen molar-refractivity contribution in [2.24, 2.45) is 0 Å². The van der Waals surface area contributed by atoms with Crippen molar-refractivity contribution in [3.8, 4) is 0 Å². The van der Waals surface area contributed by atoms with Crippen molar-refractivity contribution < 1.29 is 22.1 Å². The fourth-order valence-electron chi connectivity index (χ4n) is 2.94. The second-order valence-corrected chi connectivity index (χ2v) is 8.70. The molecule has 0 unspecified atom stereocenters. The predicted octanol–water partition coefficient (Wildman–Crippen LogP) is 2.24. The van der Waals surface area contributed by atoms with Crippen molar-refractivity contribution in [2.75, 3.05) is 19.7 Å². The van der Waals surface area contributed by atoms with Crippen LogP contribution in [0.5, 0.6) is 0 Å². The average molecular weight is 392 g/mol. The molecule has 4 rings (SSSR count). The Balaban J connectivity index is 1.52. The molecule has 0 aliphatic carbocycles. The van der Waals surface area contributed by atoms with Crippen molar-refractivity contribution in [2.45, 2.75) is 31.6 Å². The summed E-state index contributed by atoms with van der Waals surface area (Å²) < 4.78 is 43.7. The molecule has 3 heterocycles. The van der Waals surface area contributed by atoms with Gasteiger partial charge in [-0.15, -0.1) is 10.2 Å². The minimum absolute atomic E-state index is 0.0927. The summed E-state index contributed by atoms with van der Waals surface area (Å²) in [5, 5.41) is 12.6. The third-order valence-electron chi connectivity index (χ3n) is 4.42. The zero-order valence-electron chi connectivity index (χ0n) is 15.0. The molecule has 1 atom stereocenters. The van der Waals surface area contributed by atoms with E-state index in [1.165, 1.54) is 4.31 Å². The van der Waals surface area contributed by atoms with Gasteiger partial charge in [0.05, 0.1) is 6.61 Å². The van der Waals surface area contributed by atoms with Crippen molar-refractivity contribution in [3.63, 3.8) is 0 Å². The van der Waals surface area contributed by atoms with Gasteiger partial charge in [0.25, 0.3) is 0 Å². The third-order valence-corrected chi connectivity index (χ3v) is 6.18. The number of nitrogens with zero attached hydrogens (tertiary/aromatic N) is 4. The van der Waals surface area contributed by atoms with Gasteiger partial charge in [-0.25, -0.2) is 8.42 Å². The van der Waals surface area contributed by atoms with Crippen LogP contribution in [0.15, 0.2) is 33.2 Å². The number of morpholine rings is 1. The number of hydrogen-bond donors (Lipinski definition) is 0. The number of fused-ring (bicyclic) bond motifs is 1. The lowest BCUT2D eigenvalue weighted by Crippen LogP contribution is -2.42. The maximum absolute atomic E-state index is 12.9. The van der Waals surface area contributed by atoms with Crippen LogP contribution in [0.1, 0.15) is 43.3 Å². The van der Waals surface area contributed by atoms with E-state index < -0.39 is 16.1 Å². The third kappa shape index (κ3) is 3.60. The molecule has 0 spiro atoms. The highest BCUT2D eigenvalue weighted by atomic mass is 32.2. The van der Waals surface area contributed by atoms with E-state index in [1.54, 1.807) is 12.1 Å². The van der Waals surface area contributed by atoms with Crippen LogP contribution in [0.3, 0.4) is 0 Å². The summed E-state index contributed by atoms with van der Waals surface area (Å²) in [5.41, 5.74) is 0.961. The smallest absolute Gasteiger partial charge is 0.246 e. The Bertz CT molecular complexity index is 1040. The minimum atomic E-state index is -3.61. The van der Waals surface area contributed by atoms with E-state index in [0.717, 1.165) is 0 Å². The van der Waals surface area contributed by atoms with E-state index in [4.69, 9.17) is 13.7 Å². The number of aromatic nitrogens is 3. The molecule has 2 aromatic heterocycles. The zero-order valence-corrected chi connectivity index (χ0v) is 15.8. The molecule has 0 saturated carbocycles. The van der Waals surface area contributed by atoms with E-state index in [2.05, 4.69) is 15.4 Å². The second-order valence-electron chi connectivity index (χ2n) is 6.73. The van der Waals surface area contributed by atoms with Crippen molar-refractivity contribution in [1.29, 1.82) is 0 Å². The first-order valence-electron chi connectivity index (χ1n) is 8.70. The van der Waals surface area contributed by atoms with Crippen LogP contribution in [0.2, 0.25) is 0 Å². The number of hydrogen-bond acceptors (Lipinski definition) is 8. The molecular formula is C17H20N4O5S. The molecule has 1 aliphatic heterocycles. The Morgan fingerprint density at radius 1 is 1.26 bits per heavy atom. The molecule has 27 heavy (non-hydrogen) atoms. The van der Waals surface area contributed by atoms with Crippen LogP contribution < -0.4 is 0 Å². The number of rotatable bonds is 5. The van der Waals surface area contributed by atoms with Crippen LogP contribution in [-0.2, 0) is 20.5 Å². The molecule has 0 bridgehead atoms. The fraction of sp³-hybridized carbons (Fsp3) is 0.471. The quantitative estimate of drug-likeness (QED) is 0.650. The Morgan fingerprint density at radius 2 is 2.07 bits per heavy atom. The first-order valence-corrected chi connectivity index (χ1v) is 10.3. The zero-order chi connectivity index (χ0) is 19.0. The largest absolute Gasteiger partial charge is 0.422 e. The molecule has 3 aromatic rings. The van der Waals surface area contributed by atoms with E-state index >= 15 is 0 Å². The molecule has 1 aromatic carbocycles.